The Labute approximate surface area is 237 Å². The Kier molecular flexibility index (Phi) is 6.31. The highest BCUT2D eigenvalue weighted by Crippen LogP contribution is 2.31. The molecule has 206 valence electrons. The number of hydrogen-bond donors (Lipinski definition) is 2. The van der Waals surface area contributed by atoms with E-state index in [1.165, 1.54) is 6.20 Å². The minimum absolute atomic E-state index is 0.00879. The minimum Gasteiger partial charge on any atom is -0.348 e. The van der Waals surface area contributed by atoms with E-state index in [4.69, 9.17) is 5.10 Å². The zero-order valence-corrected chi connectivity index (χ0v) is 22.7. The van der Waals surface area contributed by atoms with Gasteiger partial charge in [0, 0.05) is 49.6 Å². The molecule has 2 aliphatic rings. The quantitative estimate of drug-likeness (QED) is 0.332. The first-order valence-electron chi connectivity index (χ1n) is 13.9. The van der Waals surface area contributed by atoms with Crippen LogP contribution in [-0.2, 0) is 13.1 Å². The van der Waals surface area contributed by atoms with Crippen LogP contribution in [0.2, 0.25) is 0 Å². The first-order valence-corrected chi connectivity index (χ1v) is 13.9. The molecule has 0 spiro atoms. The van der Waals surface area contributed by atoms with E-state index >= 15 is 0 Å². The van der Waals surface area contributed by atoms with E-state index < -0.39 is 0 Å². The Morgan fingerprint density at radius 3 is 2.90 bits per heavy atom. The molecule has 0 radical (unpaired) electrons. The lowest BCUT2D eigenvalue weighted by atomic mass is 9.94. The van der Waals surface area contributed by atoms with Gasteiger partial charge < -0.3 is 10.6 Å². The number of rotatable bonds is 6. The molecule has 2 aliphatic heterocycles. The van der Waals surface area contributed by atoms with E-state index in [0.717, 1.165) is 66.1 Å². The highest BCUT2D eigenvalue weighted by molar-refractivity contribution is 6.07. The summed E-state index contributed by atoms with van der Waals surface area (Å²) >= 11 is 0. The number of carbonyl (C=O) groups is 2. The molecule has 2 amide bonds. The molecular weight excluding hydrogens is 516 g/mol. The highest BCUT2D eigenvalue weighted by Gasteiger charge is 2.27. The van der Waals surface area contributed by atoms with Crippen LogP contribution in [0.3, 0.4) is 0 Å². The van der Waals surface area contributed by atoms with Crippen molar-refractivity contribution in [2.75, 3.05) is 18.4 Å². The minimum atomic E-state index is -0.288. The number of carbonyl (C=O) groups excluding carboxylic acids is 2. The molecule has 0 bridgehead atoms. The molecule has 1 unspecified atom stereocenters. The Hall–Kier alpha value is -4.83. The largest absolute Gasteiger partial charge is 0.348 e. The Morgan fingerprint density at radius 2 is 2.02 bits per heavy atom. The van der Waals surface area contributed by atoms with Crippen molar-refractivity contribution in [1.29, 1.82) is 0 Å². The van der Waals surface area contributed by atoms with Crippen LogP contribution in [0.4, 0.5) is 5.82 Å². The Balaban J connectivity index is 1.15. The molecule has 2 N–H and O–H groups in total. The topological polar surface area (TPSA) is 109 Å². The summed E-state index contributed by atoms with van der Waals surface area (Å²) < 4.78 is 3.39. The number of likely N-dealkylation sites (tertiary alicyclic amines) is 1. The molecule has 5 heterocycles. The lowest BCUT2D eigenvalue weighted by Gasteiger charge is -2.32. The van der Waals surface area contributed by atoms with E-state index in [2.05, 4.69) is 37.7 Å². The maximum Gasteiger partial charge on any atom is 0.262 e. The van der Waals surface area contributed by atoms with Crippen LogP contribution in [0.15, 0.2) is 73.2 Å². The Bertz CT molecular complexity index is 1770. The Morgan fingerprint density at radius 1 is 1.15 bits per heavy atom. The number of amides is 2. The molecule has 41 heavy (non-hydrogen) atoms. The summed E-state index contributed by atoms with van der Waals surface area (Å²) in [6.07, 6.45) is 7.00. The summed E-state index contributed by atoms with van der Waals surface area (Å²) in [6.45, 7) is 5.27. The number of anilines is 1. The molecule has 1 atom stereocenters. The number of benzene rings is 2. The third-order valence-electron chi connectivity index (χ3n) is 7.96. The van der Waals surface area contributed by atoms with Crippen LogP contribution in [0.5, 0.6) is 0 Å². The summed E-state index contributed by atoms with van der Waals surface area (Å²) in [5.41, 5.74) is 6.85. The fraction of sp³-hybridized carbons (Fsp3) is 0.258. The maximum atomic E-state index is 13.4. The molecule has 1 fully saturated rings. The number of nitrogens with one attached hydrogen (secondary N) is 2. The van der Waals surface area contributed by atoms with Crippen molar-refractivity contribution in [1.82, 2.24) is 34.6 Å². The zero-order chi connectivity index (χ0) is 27.9. The van der Waals surface area contributed by atoms with Gasteiger partial charge >= 0.3 is 0 Å². The number of fused-ring (bicyclic) bond motifs is 2. The molecule has 0 saturated carbocycles. The number of piperidine rings is 1. The normalized spacial score (nSPS) is 17.0. The third kappa shape index (κ3) is 4.87. The van der Waals surface area contributed by atoms with Gasteiger partial charge in [-0.05, 0) is 61.7 Å². The maximum absolute atomic E-state index is 13.4. The first kappa shape index (κ1) is 25.2. The first-order chi connectivity index (χ1) is 20.0. The molecule has 10 nitrogen and oxygen atoms in total. The van der Waals surface area contributed by atoms with Crippen molar-refractivity contribution in [2.24, 2.45) is 0 Å². The van der Waals surface area contributed by atoms with Crippen molar-refractivity contribution >= 4 is 23.3 Å². The monoisotopic (exact) mass is 546 g/mol. The van der Waals surface area contributed by atoms with Crippen molar-refractivity contribution in [3.8, 4) is 5.69 Å². The van der Waals surface area contributed by atoms with Crippen molar-refractivity contribution < 1.29 is 9.59 Å². The van der Waals surface area contributed by atoms with Crippen LogP contribution >= 0.6 is 0 Å². The summed E-state index contributed by atoms with van der Waals surface area (Å²) in [7, 11) is 0. The zero-order valence-electron chi connectivity index (χ0n) is 22.7. The van der Waals surface area contributed by atoms with E-state index in [0.29, 0.717) is 23.6 Å². The third-order valence-corrected chi connectivity index (χ3v) is 7.96. The molecule has 0 aliphatic carbocycles. The standard InChI is InChI=1S/C31H30N8O2/c1-20-5-9-24(10-6-20)39-28(35-31(41)26-17-34-38-13-3-11-32-29(26)38)15-27(36-39)23-4-2-12-37(19-23)18-21-7-8-22-16-33-30(40)25(22)14-21/h3,5-11,13-15,17,23H,2,4,12,16,18-19H2,1H3,(H,33,40)(H,35,41). The van der Waals surface area contributed by atoms with E-state index in [-0.39, 0.29) is 17.7 Å². The van der Waals surface area contributed by atoms with E-state index in [1.54, 1.807) is 23.0 Å². The second-order valence-corrected chi connectivity index (χ2v) is 10.9. The van der Waals surface area contributed by atoms with Gasteiger partial charge in [-0.2, -0.15) is 10.2 Å². The van der Waals surface area contributed by atoms with Gasteiger partial charge in [0.15, 0.2) is 5.65 Å². The number of nitrogens with zero attached hydrogens (tertiary/aromatic N) is 6. The van der Waals surface area contributed by atoms with Gasteiger partial charge in [0.05, 0.1) is 17.6 Å². The van der Waals surface area contributed by atoms with Crippen molar-refractivity contribution in [2.45, 2.75) is 38.8 Å². The van der Waals surface area contributed by atoms with E-state index in [9.17, 15) is 9.59 Å². The number of aromatic nitrogens is 5. The fourth-order valence-corrected chi connectivity index (χ4v) is 5.80. The summed E-state index contributed by atoms with van der Waals surface area (Å²) in [5.74, 6) is 0.535. The predicted molar refractivity (Wildman–Crippen MR) is 154 cm³/mol. The van der Waals surface area contributed by atoms with Crippen molar-refractivity contribution in [3.05, 3.63) is 107 Å². The van der Waals surface area contributed by atoms with Crippen LogP contribution in [-0.4, -0.2) is 54.2 Å². The van der Waals surface area contributed by atoms with Crippen molar-refractivity contribution in [3.63, 3.8) is 0 Å². The fourth-order valence-electron chi connectivity index (χ4n) is 5.80. The van der Waals surface area contributed by atoms with Gasteiger partial charge in [0.1, 0.15) is 11.4 Å². The van der Waals surface area contributed by atoms with E-state index in [1.807, 2.05) is 48.0 Å². The molecule has 2 aromatic carbocycles. The molecule has 5 aromatic rings. The summed E-state index contributed by atoms with van der Waals surface area (Å²) in [5, 5.41) is 15.2. The number of aryl methyl sites for hydroxylation is 1. The lowest BCUT2D eigenvalue weighted by molar-refractivity contribution is 0.0964. The molecule has 1 saturated heterocycles. The molecular formula is C31H30N8O2. The second-order valence-electron chi connectivity index (χ2n) is 10.9. The average molecular weight is 547 g/mol. The van der Waals surface area contributed by atoms with Crippen LogP contribution in [0.1, 0.15) is 61.9 Å². The smallest absolute Gasteiger partial charge is 0.262 e. The summed E-state index contributed by atoms with van der Waals surface area (Å²) in [4.78, 5) is 32.3. The van der Waals surface area contributed by atoms with Crippen LogP contribution in [0.25, 0.3) is 11.3 Å². The lowest BCUT2D eigenvalue weighted by Crippen LogP contribution is -2.34. The van der Waals surface area contributed by atoms with Gasteiger partial charge in [-0.15, -0.1) is 0 Å². The van der Waals surface area contributed by atoms with Gasteiger partial charge in [-0.1, -0.05) is 29.8 Å². The molecule has 10 heteroatoms. The molecule has 3 aromatic heterocycles. The van der Waals surface area contributed by atoms with Gasteiger partial charge in [0.2, 0.25) is 0 Å². The van der Waals surface area contributed by atoms with Gasteiger partial charge in [-0.25, -0.2) is 14.2 Å². The molecule has 7 rings (SSSR count). The summed E-state index contributed by atoms with van der Waals surface area (Å²) in [6, 6.07) is 18.1. The van der Waals surface area contributed by atoms with Gasteiger partial charge in [-0.3, -0.25) is 14.5 Å². The SMILES string of the molecule is Cc1ccc(-n2nc(C3CCCN(Cc4ccc5c(c4)C(=O)NC5)C3)cc2NC(=O)c2cnn3cccnc23)cc1. The van der Waals surface area contributed by atoms with Crippen LogP contribution < -0.4 is 10.6 Å². The number of hydrogen-bond acceptors (Lipinski definition) is 6. The average Bonchev–Trinajstić information content (AvgIpc) is 3.71. The van der Waals surface area contributed by atoms with Crippen LogP contribution in [0, 0.1) is 6.92 Å². The highest BCUT2D eigenvalue weighted by atomic mass is 16.2. The second kappa shape index (κ2) is 10.3. The van der Waals surface area contributed by atoms with Gasteiger partial charge in [0.25, 0.3) is 11.8 Å². The predicted octanol–water partition coefficient (Wildman–Crippen LogP) is 4.10.